The molecule has 1 aliphatic carbocycles. The van der Waals surface area contributed by atoms with Crippen molar-refractivity contribution in [3.05, 3.63) is 15.6 Å². The average molecular weight is 268 g/mol. The molecule has 2 rings (SSSR count). The van der Waals surface area contributed by atoms with Crippen LogP contribution in [0.3, 0.4) is 0 Å². The molecule has 100 valence electrons. The van der Waals surface area contributed by atoms with Gasteiger partial charge in [-0.3, -0.25) is 0 Å². The van der Waals surface area contributed by atoms with Crippen LogP contribution in [-0.4, -0.2) is 16.1 Å². The third-order valence-corrected chi connectivity index (χ3v) is 5.36. The van der Waals surface area contributed by atoms with E-state index in [1.54, 1.807) is 6.92 Å². The zero-order valence-electron chi connectivity index (χ0n) is 10.9. The first-order chi connectivity index (χ1) is 8.46. The second-order valence-corrected chi connectivity index (χ2v) is 6.25. The lowest BCUT2D eigenvalue weighted by atomic mass is 9.76. The summed E-state index contributed by atoms with van der Waals surface area (Å²) in [4.78, 5) is 15.8. The molecule has 0 unspecified atom stereocenters. The molecule has 4 nitrogen and oxygen atoms in total. The molecule has 1 heterocycles. The molecule has 18 heavy (non-hydrogen) atoms. The van der Waals surface area contributed by atoms with Crippen molar-refractivity contribution in [3.8, 4) is 0 Å². The Hall–Kier alpha value is -0.940. The fourth-order valence-corrected chi connectivity index (χ4v) is 3.69. The Bertz CT molecular complexity index is 448. The Kier molecular flexibility index (Phi) is 3.73. The summed E-state index contributed by atoms with van der Waals surface area (Å²) < 4.78 is 0. The van der Waals surface area contributed by atoms with E-state index >= 15 is 0 Å². The van der Waals surface area contributed by atoms with Crippen LogP contribution in [-0.2, 0) is 5.54 Å². The molecule has 0 saturated heterocycles. The van der Waals surface area contributed by atoms with Gasteiger partial charge in [-0.25, -0.2) is 9.78 Å². The summed E-state index contributed by atoms with van der Waals surface area (Å²) in [5, 5.41) is 9.87. The van der Waals surface area contributed by atoms with Gasteiger partial charge in [0.2, 0.25) is 0 Å². The Morgan fingerprint density at radius 2 is 2.17 bits per heavy atom. The lowest BCUT2D eigenvalue weighted by Crippen LogP contribution is -2.40. The van der Waals surface area contributed by atoms with E-state index in [2.05, 4.69) is 11.9 Å². The van der Waals surface area contributed by atoms with Crippen molar-refractivity contribution in [1.82, 2.24) is 4.98 Å². The highest BCUT2D eigenvalue weighted by Crippen LogP contribution is 2.40. The zero-order valence-corrected chi connectivity index (χ0v) is 11.7. The first-order valence-electron chi connectivity index (χ1n) is 6.46. The maximum absolute atomic E-state index is 11.1. The number of hydrogen-bond donors (Lipinski definition) is 2. The summed E-state index contributed by atoms with van der Waals surface area (Å²) >= 11 is 1.25. The minimum absolute atomic E-state index is 0.326. The summed E-state index contributed by atoms with van der Waals surface area (Å²) in [5.74, 6) is -0.135. The fraction of sp³-hybridized carbons (Fsp3) is 0.692. The quantitative estimate of drug-likeness (QED) is 0.883. The van der Waals surface area contributed by atoms with Crippen LogP contribution in [0.25, 0.3) is 0 Å². The monoisotopic (exact) mass is 268 g/mol. The van der Waals surface area contributed by atoms with E-state index in [1.807, 2.05) is 0 Å². The number of nitrogens with two attached hydrogens (primary N) is 1. The van der Waals surface area contributed by atoms with Crippen LogP contribution >= 0.6 is 11.3 Å². The molecule has 0 aliphatic heterocycles. The highest BCUT2D eigenvalue weighted by Gasteiger charge is 2.36. The molecular weight excluding hydrogens is 248 g/mol. The molecule has 0 atom stereocenters. The maximum Gasteiger partial charge on any atom is 0.347 e. The van der Waals surface area contributed by atoms with Crippen molar-refractivity contribution < 1.29 is 9.90 Å². The van der Waals surface area contributed by atoms with Gasteiger partial charge in [-0.05, 0) is 38.5 Å². The Balaban J connectivity index is 2.21. The van der Waals surface area contributed by atoms with Gasteiger partial charge in [-0.1, -0.05) is 13.3 Å². The minimum atomic E-state index is -0.901. The van der Waals surface area contributed by atoms with E-state index in [-0.39, 0.29) is 0 Å². The number of hydrogen-bond acceptors (Lipinski definition) is 4. The van der Waals surface area contributed by atoms with Crippen molar-refractivity contribution in [2.45, 2.75) is 51.5 Å². The predicted octanol–water partition coefficient (Wildman–Crippen LogP) is 2.90. The molecule has 1 fully saturated rings. The van der Waals surface area contributed by atoms with E-state index in [1.165, 1.54) is 17.8 Å². The summed E-state index contributed by atoms with van der Waals surface area (Å²) in [6.45, 7) is 3.95. The second-order valence-electron chi connectivity index (χ2n) is 5.25. The van der Waals surface area contributed by atoms with Crippen LogP contribution in [0.2, 0.25) is 0 Å². The van der Waals surface area contributed by atoms with Gasteiger partial charge < -0.3 is 10.8 Å². The van der Waals surface area contributed by atoms with E-state index in [9.17, 15) is 4.79 Å². The van der Waals surface area contributed by atoms with Crippen LogP contribution in [0, 0.1) is 12.8 Å². The number of carboxylic acids is 1. The topological polar surface area (TPSA) is 76.2 Å². The Labute approximate surface area is 111 Å². The van der Waals surface area contributed by atoms with Crippen molar-refractivity contribution in [2.75, 3.05) is 0 Å². The number of carbonyl (C=O) groups is 1. The highest BCUT2D eigenvalue weighted by atomic mass is 32.1. The molecule has 1 aromatic rings. The first kappa shape index (κ1) is 13.5. The predicted molar refractivity (Wildman–Crippen MR) is 71.9 cm³/mol. The number of carboxylic acid groups (broad SMARTS) is 1. The van der Waals surface area contributed by atoms with Crippen LogP contribution in [0.1, 0.15) is 59.4 Å². The van der Waals surface area contributed by atoms with Gasteiger partial charge in [-0.15, -0.1) is 11.3 Å². The van der Waals surface area contributed by atoms with Crippen LogP contribution in [0.15, 0.2) is 0 Å². The molecule has 0 spiro atoms. The zero-order chi connectivity index (χ0) is 13.3. The molecule has 0 bridgehead atoms. The van der Waals surface area contributed by atoms with Gasteiger partial charge in [0.15, 0.2) is 0 Å². The molecule has 1 saturated carbocycles. The summed E-state index contributed by atoms with van der Waals surface area (Å²) in [7, 11) is 0. The van der Waals surface area contributed by atoms with Gasteiger partial charge in [0.1, 0.15) is 9.88 Å². The molecular formula is C13H20N2O2S. The minimum Gasteiger partial charge on any atom is -0.477 e. The smallest absolute Gasteiger partial charge is 0.347 e. The number of aromatic nitrogens is 1. The fourth-order valence-electron chi connectivity index (χ4n) is 2.62. The molecule has 3 N–H and O–H groups in total. The normalized spacial score (nSPS) is 28.3. The van der Waals surface area contributed by atoms with Gasteiger partial charge in [0.25, 0.3) is 0 Å². The van der Waals surface area contributed by atoms with E-state index in [0.717, 1.165) is 36.6 Å². The number of aryl methyl sites for hydroxylation is 1. The third kappa shape index (κ3) is 2.42. The van der Waals surface area contributed by atoms with Crippen molar-refractivity contribution >= 4 is 17.3 Å². The largest absolute Gasteiger partial charge is 0.477 e. The van der Waals surface area contributed by atoms with E-state index in [4.69, 9.17) is 10.8 Å². The summed E-state index contributed by atoms with van der Waals surface area (Å²) in [6.07, 6.45) is 5.27. The van der Waals surface area contributed by atoms with Gasteiger partial charge in [0, 0.05) is 0 Å². The van der Waals surface area contributed by atoms with Gasteiger partial charge >= 0.3 is 5.97 Å². The Morgan fingerprint density at radius 3 is 2.61 bits per heavy atom. The molecule has 0 amide bonds. The summed E-state index contributed by atoms with van der Waals surface area (Å²) in [5.41, 5.74) is 6.61. The highest BCUT2D eigenvalue weighted by molar-refractivity contribution is 7.13. The second kappa shape index (κ2) is 4.97. The average Bonchev–Trinajstić information content (AvgIpc) is 2.73. The SMILES string of the molecule is CCC1CCC(N)(c2nc(C)c(C(=O)O)s2)CC1. The number of nitrogens with zero attached hydrogens (tertiary/aromatic N) is 1. The van der Waals surface area contributed by atoms with Gasteiger partial charge in [-0.2, -0.15) is 0 Å². The van der Waals surface area contributed by atoms with Crippen molar-refractivity contribution in [3.63, 3.8) is 0 Å². The Morgan fingerprint density at radius 1 is 1.56 bits per heavy atom. The number of rotatable bonds is 3. The standard InChI is InChI=1S/C13H20N2O2S/c1-3-9-4-6-13(14,7-5-9)12-15-8(2)10(18-12)11(16)17/h9H,3-7,14H2,1-2H3,(H,16,17). The number of aromatic carboxylic acids is 1. The van der Waals surface area contributed by atoms with Crippen molar-refractivity contribution in [2.24, 2.45) is 11.7 Å². The lowest BCUT2D eigenvalue weighted by molar-refractivity contribution is 0.0701. The summed E-state index contributed by atoms with van der Waals surface area (Å²) in [6, 6.07) is 0. The van der Waals surface area contributed by atoms with Crippen molar-refractivity contribution in [1.29, 1.82) is 0 Å². The first-order valence-corrected chi connectivity index (χ1v) is 7.28. The van der Waals surface area contributed by atoms with Crippen LogP contribution in [0.4, 0.5) is 0 Å². The molecule has 0 radical (unpaired) electrons. The molecule has 1 aromatic heterocycles. The third-order valence-electron chi connectivity index (χ3n) is 3.99. The number of thiazole rings is 1. The molecule has 1 aliphatic rings. The van der Waals surface area contributed by atoms with E-state index < -0.39 is 11.5 Å². The maximum atomic E-state index is 11.1. The van der Waals surface area contributed by atoms with Crippen LogP contribution < -0.4 is 5.73 Å². The molecule has 0 aromatic carbocycles. The van der Waals surface area contributed by atoms with E-state index in [0.29, 0.717) is 10.6 Å². The van der Waals surface area contributed by atoms with Gasteiger partial charge in [0.05, 0.1) is 11.2 Å². The molecule has 5 heteroatoms. The van der Waals surface area contributed by atoms with Crippen LogP contribution in [0.5, 0.6) is 0 Å². The lowest BCUT2D eigenvalue weighted by Gasteiger charge is -2.35.